The van der Waals surface area contributed by atoms with Gasteiger partial charge in [-0.25, -0.2) is 9.37 Å². The molecule has 0 unspecified atom stereocenters. The smallest absolute Gasteiger partial charge is 0.225 e. The van der Waals surface area contributed by atoms with Gasteiger partial charge in [0.15, 0.2) is 5.82 Å². The fraction of sp³-hybridized carbons (Fsp3) is 0.176. The summed E-state index contributed by atoms with van der Waals surface area (Å²) in [7, 11) is 0. The van der Waals surface area contributed by atoms with E-state index in [1.54, 1.807) is 37.5 Å². The van der Waals surface area contributed by atoms with Crippen LogP contribution in [0.2, 0.25) is 0 Å². The highest BCUT2D eigenvalue weighted by molar-refractivity contribution is 5.78. The Kier molecular flexibility index (Phi) is 4.60. The molecule has 3 rings (SSSR count). The number of carbonyl (C=O) groups excluding carboxylic acids is 1. The summed E-state index contributed by atoms with van der Waals surface area (Å²) in [5.41, 5.74) is 1.41. The first-order chi connectivity index (χ1) is 11.6. The number of nitrogens with zero attached hydrogens (tertiary/aromatic N) is 3. The van der Waals surface area contributed by atoms with Gasteiger partial charge in [-0.1, -0.05) is 12.1 Å². The maximum Gasteiger partial charge on any atom is 0.225 e. The molecule has 24 heavy (non-hydrogen) atoms. The van der Waals surface area contributed by atoms with Gasteiger partial charge in [-0.2, -0.15) is 5.10 Å². The van der Waals surface area contributed by atoms with Gasteiger partial charge < -0.3 is 5.32 Å². The minimum atomic E-state index is -0.357. The summed E-state index contributed by atoms with van der Waals surface area (Å²) >= 11 is 0. The Labute approximate surface area is 138 Å². The largest absolute Gasteiger partial charge is 0.346 e. The second-order valence-corrected chi connectivity index (χ2v) is 5.38. The summed E-state index contributed by atoms with van der Waals surface area (Å²) in [4.78, 5) is 20.5. The van der Waals surface area contributed by atoms with Gasteiger partial charge in [0.2, 0.25) is 5.91 Å². The number of aromatic nitrogens is 4. The quantitative estimate of drug-likeness (QED) is 0.754. The molecule has 0 saturated carbocycles. The molecule has 1 amide bonds. The van der Waals surface area contributed by atoms with Gasteiger partial charge in [-0.05, 0) is 36.8 Å². The molecular weight excluding hydrogens is 309 g/mol. The molecule has 0 aliphatic heterocycles. The SMILES string of the molecule is C[C@@H](NC(=O)Cc1cccc(F)c1)c1nc(-c2cccnc2)n[nH]1. The topological polar surface area (TPSA) is 83.6 Å². The lowest BCUT2D eigenvalue weighted by Gasteiger charge is -2.11. The second kappa shape index (κ2) is 6.99. The molecule has 2 N–H and O–H groups in total. The highest BCUT2D eigenvalue weighted by Gasteiger charge is 2.15. The van der Waals surface area contributed by atoms with Gasteiger partial charge in [0.25, 0.3) is 0 Å². The minimum absolute atomic E-state index is 0.103. The Bertz CT molecular complexity index is 834. The molecule has 3 aromatic rings. The van der Waals surface area contributed by atoms with E-state index in [1.165, 1.54) is 12.1 Å². The van der Waals surface area contributed by atoms with Gasteiger partial charge in [-0.15, -0.1) is 0 Å². The molecule has 0 bridgehead atoms. The number of H-pyrrole nitrogens is 1. The van der Waals surface area contributed by atoms with Crippen LogP contribution >= 0.6 is 0 Å². The lowest BCUT2D eigenvalue weighted by molar-refractivity contribution is -0.121. The zero-order valence-electron chi connectivity index (χ0n) is 13.0. The van der Waals surface area contributed by atoms with Crippen molar-refractivity contribution in [1.29, 1.82) is 0 Å². The fourth-order valence-electron chi connectivity index (χ4n) is 2.29. The van der Waals surface area contributed by atoms with Crippen molar-refractivity contribution in [3.63, 3.8) is 0 Å². The number of aromatic amines is 1. The van der Waals surface area contributed by atoms with E-state index in [-0.39, 0.29) is 24.2 Å². The molecule has 0 aliphatic rings. The average molecular weight is 325 g/mol. The summed E-state index contributed by atoms with van der Waals surface area (Å²) < 4.78 is 13.1. The second-order valence-electron chi connectivity index (χ2n) is 5.38. The summed E-state index contributed by atoms with van der Waals surface area (Å²) in [6.45, 7) is 1.80. The number of amides is 1. The molecule has 1 atom stereocenters. The first kappa shape index (κ1) is 15.8. The van der Waals surface area contributed by atoms with Gasteiger partial charge in [0.05, 0.1) is 12.5 Å². The van der Waals surface area contributed by atoms with E-state index in [1.807, 2.05) is 6.07 Å². The number of halogens is 1. The van der Waals surface area contributed by atoms with Crippen molar-refractivity contribution >= 4 is 5.91 Å². The van der Waals surface area contributed by atoms with Crippen LogP contribution in [-0.2, 0) is 11.2 Å². The first-order valence-electron chi connectivity index (χ1n) is 7.48. The van der Waals surface area contributed by atoms with E-state index in [9.17, 15) is 9.18 Å². The number of carbonyl (C=O) groups is 1. The van der Waals surface area contributed by atoms with Crippen LogP contribution in [0.5, 0.6) is 0 Å². The highest BCUT2D eigenvalue weighted by atomic mass is 19.1. The minimum Gasteiger partial charge on any atom is -0.346 e. The van der Waals surface area contributed by atoms with Crippen LogP contribution in [0.25, 0.3) is 11.4 Å². The predicted molar refractivity (Wildman–Crippen MR) is 86.3 cm³/mol. The third kappa shape index (κ3) is 3.81. The molecule has 7 heteroatoms. The van der Waals surface area contributed by atoms with Crippen LogP contribution in [-0.4, -0.2) is 26.1 Å². The summed E-state index contributed by atoms with van der Waals surface area (Å²) in [6, 6.07) is 9.30. The fourth-order valence-corrected chi connectivity index (χ4v) is 2.29. The van der Waals surface area contributed by atoms with E-state index < -0.39 is 0 Å². The van der Waals surface area contributed by atoms with Gasteiger partial charge in [0.1, 0.15) is 11.6 Å². The van der Waals surface area contributed by atoms with Crippen LogP contribution in [0.15, 0.2) is 48.8 Å². The molecule has 0 spiro atoms. The van der Waals surface area contributed by atoms with Crippen molar-refractivity contribution in [1.82, 2.24) is 25.5 Å². The van der Waals surface area contributed by atoms with Gasteiger partial charge >= 0.3 is 0 Å². The standard InChI is InChI=1S/C17H16FN5O/c1-11(20-15(24)9-12-4-2-6-14(18)8-12)16-21-17(23-22-16)13-5-3-7-19-10-13/h2-8,10-11H,9H2,1H3,(H,20,24)(H,21,22,23)/t11-/m1/s1. The third-order valence-electron chi connectivity index (χ3n) is 3.46. The molecule has 0 radical (unpaired) electrons. The Morgan fingerprint density at radius 1 is 1.33 bits per heavy atom. The number of nitrogens with one attached hydrogen (secondary N) is 2. The first-order valence-corrected chi connectivity index (χ1v) is 7.48. The molecule has 0 fully saturated rings. The Morgan fingerprint density at radius 2 is 2.21 bits per heavy atom. The zero-order chi connectivity index (χ0) is 16.9. The Balaban J connectivity index is 1.63. The van der Waals surface area contributed by atoms with Crippen molar-refractivity contribution in [3.8, 4) is 11.4 Å². The van der Waals surface area contributed by atoms with Gasteiger partial charge in [-0.3, -0.25) is 14.9 Å². The highest BCUT2D eigenvalue weighted by Crippen LogP contribution is 2.15. The molecule has 2 heterocycles. The van der Waals surface area contributed by atoms with E-state index in [0.717, 1.165) is 5.56 Å². The van der Waals surface area contributed by atoms with Crippen molar-refractivity contribution < 1.29 is 9.18 Å². The van der Waals surface area contributed by atoms with Crippen LogP contribution < -0.4 is 5.32 Å². The number of rotatable bonds is 5. The molecule has 1 aromatic carbocycles. The van der Waals surface area contributed by atoms with Crippen LogP contribution in [0.4, 0.5) is 4.39 Å². The van der Waals surface area contributed by atoms with Crippen LogP contribution in [0.1, 0.15) is 24.4 Å². The molecule has 0 aliphatic carbocycles. The maximum absolute atomic E-state index is 13.1. The number of hydrogen-bond donors (Lipinski definition) is 2. The lowest BCUT2D eigenvalue weighted by atomic mass is 10.1. The van der Waals surface area contributed by atoms with E-state index in [0.29, 0.717) is 17.2 Å². The Hall–Kier alpha value is -3.09. The summed E-state index contributed by atoms with van der Waals surface area (Å²) in [6.07, 6.45) is 3.44. The van der Waals surface area contributed by atoms with Crippen molar-refractivity contribution in [2.24, 2.45) is 0 Å². The molecule has 6 nitrogen and oxygen atoms in total. The van der Waals surface area contributed by atoms with Gasteiger partial charge in [0, 0.05) is 18.0 Å². The summed E-state index contributed by atoms with van der Waals surface area (Å²) in [5.74, 6) is 0.489. The lowest BCUT2D eigenvalue weighted by Crippen LogP contribution is -2.28. The predicted octanol–water partition coefficient (Wildman–Crippen LogP) is 2.43. The monoisotopic (exact) mass is 325 g/mol. The number of pyridine rings is 1. The van der Waals surface area contributed by atoms with Crippen molar-refractivity contribution in [2.45, 2.75) is 19.4 Å². The van der Waals surface area contributed by atoms with E-state index >= 15 is 0 Å². The van der Waals surface area contributed by atoms with E-state index in [4.69, 9.17) is 0 Å². The Morgan fingerprint density at radius 3 is 2.96 bits per heavy atom. The molecular formula is C17H16FN5O. The summed E-state index contributed by atoms with van der Waals surface area (Å²) in [5, 5.41) is 9.77. The number of hydrogen-bond acceptors (Lipinski definition) is 4. The average Bonchev–Trinajstić information content (AvgIpc) is 3.05. The van der Waals surface area contributed by atoms with Crippen molar-refractivity contribution in [3.05, 3.63) is 66.0 Å². The van der Waals surface area contributed by atoms with Crippen LogP contribution in [0, 0.1) is 5.82 Å². The normalized spacial score (nSPS) is 11.9. The molecule has 2 aromatic heterocycles. The number of benzene rings is 1. The molecule has 0 saturated heterocycles. The maximum atomic E-state index is 13.1. The van der Waals surface area contributed by atoms with Crippen LogP contribution in [0.3, 0.4) is 0 Å². The third-order valence-corrected chi connectivity index (χ3v) is 3.46. The van der Waals surface area contributed by atoms with Crippen molar-refractivity contribution in [2.75, 3.05) is 0 Å². The van der Waals surface area contributed by atoms with E-state index in [2.05, 4.69) is 25.5 Å². The zero-order valence-corrected chi connectivity index (χ0v) is 13.0. The molecule has 122 valence electrons.